The van der Waals surface area contributed by atoms with Crippen molar-refractivity contribution in [2.24, 2.45) is 28.1 Å². The average molecular weight is 332 g/mol. The van der Waals surface area contributed by atoms with Gasteiger partial charge in [-0.05, 0) is 69.3 Å². The number of ketones is 1. The monoisotopic (exact) mass is 332 g/mol. The van der Waals surface area contributed by atoms with Crippen molar-refractivity contribution >= 4 is 11.8 Å². The number of rotatable bonds is 1. The Kier molecular flexibility index (Phi) is 3.07. The van der Waals surface area contributed by atoms with Crippen molar-refractivity contribution in [3.63, 3.8) is 0 Å². The van der Waals surface area contributed by atoms with Gasteiger partial charge in [-0.25, -0.2) is 0 Å². The second-order valence-electron chi connectivity index (χ2n) is 9.32. The summed E-state index contributed by atoms with van der Waals surface area (Å²) < 4.78 is 0. The Labute approximate surface area is 143 Å². The normalized spacial score (nSPS) is 53.5. The van der Waals surface area contributed by atoms with Crippen molar-refractivity contribution in [2.75, 3.05) is 0 Å². The van der Waals surface area contributed by atoms with E-state index < -0.39 is 27.8 Å². The van der Waals surface area contributed by atoms with Gasteiger partial charge in [-0.2, -0.15) is 0 Å². The molecule has 4 heteroatoms. The summed E-state index contributed by atoms with van der Waals surface area (Å²) in [5, 5.41) is 21.9. The molecule has 0 aliphatic heterocycles. The number of carboxylic acids is 1. The molecule has 5 fully saturated rings. The van der Waals surface area contributed by atoms with Crippen LogP contribution in [-0.4, -0.2) is 27.6 Å². The van der Waals surface area contributed by atoms with Crippen LogP contribution in [0.1, 0.15) is 65.2 Å². The Morgan fingerprint density at radius 1 is 1.17 bits per heavy atom. The first kappa shape index (κ1) is 16.3. The van der Waals surface area contributed by atoms with Gasteiger partial charge in [0, 0.05) is 5.41 Å². The molecule has 24 heavy (non-hydrogen) atoms. The molecule has 6 atom stereocenters. The van der Waals surface area contributed by atoms with E-state index in [0.29, 0.717) is 31.3 Å². The van der Waals surface area contributed by atoms with Crippen LogP contribution in [0.25, 0.3) is 0 Å². The van der Waals surface area contributed by atoms with Gasteiger partial charge < -0.3 is 10.2 Å². The summed E-state index contributed by atoms with van der Waals surface area (Å²) in [6, 6.07) is 0. The topological polar surface area (TPSA) is 74.6 Å². The van der Waals surface area contributed by atoms with E-state index in [1.807, 2.05) is 6.92 Å². The first-order chi connectivity index (χ1) is 11.1. The highest BCUT2D eigenvalue weighted by atomic mass is 16.4. The Hall–Kier alpha value is -1.16. The van der Waals surface area contributed by atoms with Crippen LogP contribution in [0.4, 0.5) is 0 Å². The van der Waals surface area contributed by atoms with E-state index >= 15 is 0 Å². The lowest BCUT2D eigenvalue weighted by Crippen LogP contribution is -2.74. The second kappa shape index (κ2) is 4.51. The number of aliphatic carboxylic acids is 1. The number of carbonyl (C=O) groups excluding carboxylic acids is 1. The van der Waals surface area contributed by atoms with Gasteiger partial charge in [0.05, 0.1) is 16.4 Å². The predicted octanol–water partition coefficient (Wildman–Crippen LogP) is 3.33. The first-order valence-corrected chi connectivity index (χ1v) is 9.32. The van der Waals surface area contributed by atoms with Gasteiger partial charge in [-0.15, -0.1) is 0 Å². The first-order valence-electron chi connectivity index (χ1n) is 9.32. The molecule has 0 aromatic carbocycles. The molecule has 0 aromatic heterocycles. The molecule has 5 aliphatic rings. The van der Waals surface area contributed by atoms with Crippen LogP contribution in [0.3, 0.4) is 0 Å². The largest absolute Gasteiger partial charge is 0.481 e. The van der Waals surface area contributed by atoms with Crippen LogP contribution < -0.4 is 0 Å². The summed E-state index contributed by atoms with van der Waals surface area (Å²) in [4.78, 5) is 25.1. The molecule has 0 aromatic rings. The van der Waals surface area contributed by atoms with E-state index in [2.05, 4.69) is 13.5 Å². The van der Waals surface area contributed by atoms with Gasteiger partial charge in [0.15, 0.2) is 5.78 Å². The van der Waals surface area contributed by atoms with Gasteiger partial charge in [0.1, 0.15) is 0 Å². The summed E-state index contributed by atoms with van der Waals surface area (Å²) in [5.41, 5.74) is -2.42. The highest BCUT2D eigenvalue weighted by Gasteiger charge is 2.75. The molecule has 5 saturated carbocycles. The fraction of sp³-hybridized carbons (Fsp3) is 0.800. The van der Waals surface area contributed by atoms with Crippen LogP contribution in [0, 0.1) is 28.1 Å². The highest BCUT2D eigenvalue weighted by molar-refractivity contribution is 6.03. The summed E-state index contributed by atoms with van der Waals surface area (Å²) in [6.07, 6.45) is 5.85. The standard InChI is InChI=1S/C20H28O4/c1-12-13-5-9-19(15(12)21)10-6-14-17(2,16(22)23)7-4-8-18(14,3)20(19,24)11-13/h13-14,24H,1,4-11H2,2-3H3,(H,22,23)/t13-,14+,17+,18+,19+,20+/m0/s1. The molecule has 0 unspecified atom stereocenters. The fourth-order valence-electron chi connectivity index (χ4n) is 7.25. The average Bonchev–Trinajstić information content (AvgIpc) is 2.52. The maximum Gasteiger partial charge on any atom is 0.309 e. The van der Waals surface area contributed by atoms with Crippen molar-refractivity contribution in [1.82, 2.24) is 0 Å². The smallest absolute Gasteiger partial charge is 0.309 e. The maximum absolute atomic E-state index is 13.1. The maximum atomic E-state index is 13.1. The lowest BCUT2D eigenvalue weighted by Gasteiger charge is -2.70. The third-order valence-electron chi connectivity index (χ3n) is 8.70. The number of allylic oxidation sites excluding steroid dienone is 1. The molecule has 1 spiro atoms. The van der Waals surface area contributed by atoms with Crippen LogP contribution in [0.2, 0.25) is 0 Å². The SMILES string of the molecule is C=C1C(=O)[C@]23CC[C@H]1C[C@@]2(O)[C@]1(C)CCC[C@@](C)(C(=O)O)[C@H]1CC3. The highest BCUT2D eigenvalue weighted by Crippen LogP contribution is 2.72. The zero-order valence-electron chi connectivity index (χ0n) is 14.7. The Morgan fingerprint density at radius 2 is 1.83 bits per heavy atom. The van der Waals surface area contributed by atoms with Gasteiger partial charge in [0.2, 0.25) is 0 Å². The molecular formula is C20H28O4. The van der Waals surface area contributed by atoms with Gasteiger partial charge in [-0.3, -0.25) is 9.59 Å². The summed E-state index contributed by atoms with van der Waals surface area (Å²) in [5.74, 6) is -0.699. The minimum Gasteiger partial charge on any atom is -0.481 e. The summed E-state index contributed by atoms with van der Waals surface area (Å²) >= 11 is 0. The molecular weight excluding hydrogens is 304 g/mol. The van der Waals surface area contributed by atoms with E-state index in [1.165, 1.54) is 0 Å². The Morgan fingerprint density at radius 3 is 2.50 bits per heavy atom. The van der Waals surface area contributed by atoms with Crippen molar-refractivity contribution in [1.29, 1.82) is 0 Å². The van der Waals surface area contributed by atoms with Crippen LogP contribution >= 0.6 is 0 Å². The van der Waals surface area contributed by atoms with Gasteiger partial charge >= 0.3 is 5.97 Å². The van der Waals surface area contributed by atoms with E-state index in [4.69, 9.17) is 0 Å². The number of fused-ring (bicyclic) bond motifs is 3. The number of carboxylic acid groups (broad SMARTS) is 1. The lowest BCUT2D eigenvalue weighted by atomic mass is 9.34. The number of hydrogen-bond acceptors (Lipinski definition) is 3. The van der Waals surface area contributed by atoms with E-state index in [9.17, 15) is 19.8 Å². The number of aliphatic hydroxyl groups is 1. The molecule has 2 bridgehead atoms. The van der Waals surface area contributed by atoms with E-state index in [-0.39, 0.29) is 17.6 Å². The molecule has 2 N–H and O–H groups in total. The zero-order valence-corrected chi connectivity index (χ0v) is 14.7. The summed E-state index contributed by atoms with van der Waals surface area (Å²) in [6.45, 7) is 7.94. The molecule has 132 valence electrons. The number of hydrogen-bond donors (Lipinski definition) is 2. The molecule has 0 radical (unpaired) electrons. The molecule has 5 rings (SSSR count). The molecule has 0 heterocycles. The Bertz CT molecular complexity index is 654. The minimum absolute atomic E-state index is 0.0646. The van der Waals surface area contributed by atoms with Crippen LogP contribution in [0.15, 0.2) is 12.2 Å². The quantitative estimate of drug-likeness (QED) is 0.722. The second-order valence-corrected chi connectivity index (χ2v) is 9.32. The lowest BCUT2D eigenvalue weighted by molar-refractivity contribution is -0.269. The molecule has 5 aliphatic carbocycles. The zero-order chi connectivity index (χ0) is 17.5. The molecule has 0 amide bonds. The predicted molar refractivity (Wildman–Crippen MR) is 89.3 cm³/mol. The summed E-state index contributed by atoms with van der Waals surface area (Å²) in [7, 11) is 0. The number of carbonyl (C=O) groups is 2. The van der Waals surface area contributed by atoms with E-state index in [1.54, 1.807) is 0 Å². The van der Waals surface area contributed by atoms with Gasteiger partial charge in [0.25, 0.3) is 0 Å². The fourth-order valence-corrected chi connectivity index (χ4v) is 7.25. The van der Waals surface area contributed by atoms with Crippen molar-refractivity contribution < 1.29 is 19.8 Å². The van der Waals surface area contributed by atoms with Crippen LogP contribution in [-0.2, 0) is 9.59 Å². The third kappa shape index (κ3) is 1.50. The van der Waals surface area contributed by atoms with Crippen molar-refractivity contribution in [2.45, 2.75) is 70.8 Å². The van der Waals surface area contributed by atoms with Crippen LogP contribution in [0.5, 0.6) is 0 Å². The van der Waals surface area contributed by atoms with Gasteiger partial charge in [-0.1, -0.05) is 19.9 Å². The van der Waals surface area contributed by atoms with Crippen molar-refractivity contribution in [3.05, 3.63) is 12.2 Å². The number of Topliss-reactive ketones (excluding diaryl/α,β-unsaturated/α-hetero) is 1. The van der Waals surface area contributed by atoms with E-state index in [0.717, 1.165) is 25.7 Å². The minimum atomic E-state index is -1.08. The molecule has 0 saturated heterocycles. The van der Waals surface area contributed by atoms with Crippen molar-refractivity contribution in [3.8, 4) is 0 Å². The molecule has 4 nitrogen and oxygen atoms in total. The third-order valence-corrected chi connectivity index (χ3v) is 8.70. The Balaban J connectivity index is 1.87.